The van der Waals surface area contributed by atoms with Gasteiger partial charge in [0.05, 0.1) is 10.2 Å². The Bertz CT molecular complexity index is 990. The third-order valence-corrected chi connectivity index (χ3v) is 5.35. The molecule has 1 aliphatic heterocycles. The number of furan rings is 1. The highest BCUT2D eigenvalue weighted by Gasteiger charge is 2.36. The predicted molar refractivity (Wildman–Crippen MR) is 91.4 cm³/mol. The van der Waals surface area contributed by atoms with Gasteiger partial charge in [0, 0.05) is 26.2 Å². The molecule has 1 fully saturated rings. The second-order valence-corrected chi connectivity index (χ2v) is 7.06. The number of alkyl halides is 3. The zero-order valence-corrected chi connectivity index (χ0v) is 14.6. The smallest absolute Gasteiger partial charge is 0.446 e. The molecule has 0 N–H and O–H groups in total. The van der Waals surface area contributed by atoms with Gasteiger partial charge < -0.3 is 14.2 Å². The van der Waals surface area contributed by atoms with Gasteiger partial charge in [0.25, 0.3) is 5.91 Å². The number of rotatable bonds is 2. The summed E-state index contributed by atoms with van der Waals surface area (Å²) in [6.07, 6.45) is -4.62. The first-order valence-corrected chi connectivity index (χ1v) is 8.90. The molecule has 0 spiro atoms. The van der Waals surface area contributed by atoms with Gasteiger partial charge in [0.15, 0.2) is 10.9 Å². The van der Waals surface area contributed by atoms with E-state index in [4.69, 9.17) is 0 Å². The van der Waals surface area contributed by atoms with E-state index in [2.05, 4.69) is 9.40 Å². The van der Waals surface area contributed by atoms with Gasteiger partial charge in [-0.2, -0.15) is 13.2 Å². The molecular weight excluding hydrogens is 386 g/mol. The largest absolute Gasteiger partial charge is 0.449 e. The number of piperazine rings is 1. The number of aromatic nitrogens is 1. The molecule has 2 aromatic heterocycles. The number of anilines is 1. The second-order valence-electron chi connectivity index (χ2n) is 6.05. The highest BCUT2D eigenvalue weighted by atomic mass is 32.1. The van der Waals surface area contributed by atoms with Crippen LogP contribution in [0.15, 0.2) is 34.7 Å². The van der Waals surface area contributed by atoms with E-state index in [0.29, 0.717) is 31.7 Å². The molecule has 5 nitrogen and oxygen atoms in total. The maximum Gasteiger partial charge on any atom is 0.449 e. The number of nitrogens with zero attached hydrogens (tertiary/aromatic N) is 3. The molecule has 27 heavy (non-hydrogen) atoms. The summed E-state index contributed by atoms with van der Waals surface area (Å²) < 4.78 is 56.5. The molecule has 1 aliphatic rings. The Labute approximate surface area is 154 Å². The van der Waals surface area contributed by atoms with Crippen LogP contribution in [0.5, 0.6) is 0 Å². The minimum Gasteiger partial charge on any atom is -0.446 e. The average molecular weight is 399 g/mol. The van der Waals surface area contributed by atoms with Crippen LogP contribution in [0.3, 0.4) is 0 Å². The van der Waals surface area contributed by atoms with Crippen LogP contribution in [0.25, 0.3) is 10.2 Å². The summed E-state index contributed by atoms with van der Waals surface area (Å²) in [6.45, 7) is 1.60. The number of hydrogen-bond acceptors (Lipinski definition) is 5. The fourth-order valence-corrected chi connectivity index (χ4v) is 3.93. The topological polar surface area (TPSA) is 49.6 Å². The van der Waals surface area contributed by atoms with Crippen LogP contribution in [-0.2, 0) is 6.18 Å². The molecule has 1 amide bonds. The number of carbonyl (C=O) groups excluding carboxylic acids is 1. The van der Waals surface area contributed by atoms with Crippen molar-refractivity contribution in [3.8, 4) is 0 Å². The Balaban J connectivity index is 1.43. The average Bonchev–Trinajstić information content (AvgIpc) is 3.28. The van der Waals surface area contributed by atoms with E-state index in [0.717, 1.165) is 22.0 Å². The third-order valence-electron chi connectivity index (χ3n) is 4.27. The van der Waals surface area contributed by atoms with Gasteiger partial charge in [-0.1, -0.05) is 11.3 Å². The number of benzene rings is 1. The van der Waals surface area contributed by atoms with Crippen LogP contribution in [0.4, 0.5) is 22.7 Å². The van der Waals surface area contributed by atoms with E-state index < -0.39 is 17.8 Å². The molecule has 10 heteroatoms. The molecule has 0 unspecified atom stereocenters. The lowest BCUT2D eigenvalue weighted by Crippen LogP contribution is -2.48. The van der Waals surface area contributed by atoms with Crippen molar-refractivity contribution < 1.29 is 26.8 Å². The molecule has 0 radical (unpaired) electrons. The first-order chi connectivity index (χ1) is 12.8. The number of halogens is 4. The summed E-state index contributed by atoms with van der Waals surface area (Å²) in [7, 11) is 0. The molecule has 3 aromatic rings. The Morgan fingerprint density at radius 1 is 1.11 bits per heavy atom. The minimum absolute atomic E-state index is 0.325. The molecule has 142 valence electrons. The highest BCUT2D eigenvalue weighted by molar-refractivity contribution is 7.22. The van der Waals surface area contributed by atoms with E-state index in [-0.39, 0.29) is 11.6 Å². The van der Waals surface area contributed by atoms with Gasteiger partial charge in [-0.15, -0.1) is 0 Å². The normalized spacial score (nSPS) is 15.6. The van der Waals surface area contributed by atoms with E-state index in [1.807, 2.05) is 4.90 Å². The van der Waals surface area contributed by atoms with Crippen LogP contribution in [-0.4, -0.2) is 42.0 Å². The van der Waals surface area contributed by atoms with Gasteiger partial charge in [-0.05, 0) is 30.3 Å². The van der Waals surface area contributed by atoms with Crippen molar-refractivity contribution in [3.63, 3.8) is 0 Å². The van der Waals surface area contributed by atoms with Crippen molar-refractivity contribution in [3.05, 3.63) is 47.7 Å². The summed E-state index contributed by atoms with van der Waals surface area (Å²) in [5.74, 6) is -2.42. The van der Waals surface area contributed by atoms with Crippen LogP contribution >= 0.6 is 11.3 Å². The molecular formula is C17H13F4N3O2S. The van der Waals surface area contributed by atoms with E-state index in [1.54, 1.807) is 6.07 Å². The van der Waals surface area contributed by atoms with Crippen molar-refractivity contribution in [1.29, 1.82) is 0 Å². The second kappa shape index (κ2) is 6.52. The predicted octanol–water partition coefficient (Wildman–Crippen LogP) is 4.01. The zero-order chi connectivity index (χ0) is 19.2. The summed E-state index contributed by atoms with van der Waals surface area (Å²) >= 11 is 1.36. The van der Waals surface area contributed by atoms with Gasteiger partial charge in [0.2, 0.25) is 5.76 Å². The highest BCUT2D eigenvalue weighted by Crippen LogP contribution is 2.32. The number of thiazole rings is 1. The van der Waals surface area contributed by atoms with Crippen LogP contribution in [0, 0.1) is 5.82 Å². The van der Waals surface area contributed by atoms with Crippen molar-refractivity contribution >= 4 is 32.6 Å². The number of fused-ring (bicyclic) bond motifs is 1. The fourth-order valence-electron chi connectivity index (χ4n) is 2.88. The van der Waals surface area contributed by atoms with Gasteiger partial charge in [-0.3, -0.25) is 4.79 Å². The minimum atomic E-state index is -4.62. The lowest BCUT2D eigenvalue weighted by Gasteiger charge is -2.34. The van der Waals surface area contributed by atoms with Crippen LogP contribution < -0.4 is 4.90 Å². The lowest BCUT2D eigenvalue weighted by molar-refractivity contribution is -0.153. The first-order valence-electron chi connectivity index (χ1n) is 8.08. The Kier molecular flexibility index (Phi) is 4.29. The van der Waals surface area contributed by atoms with E-state index in [1.165, 1.54) is 28.4 Å². The standard InChI is InChI=1S/C17H13F4N3O2S/c18-10-1-2-11-13(9-10)27-16(22-11)24-7-5-23(6-8-24)15(25)12-3-4-14(26-12)17(19,20)21/h1-4,9H,5-8H2. The molecule has 0 atom stereocenters. The summed E-state index contributed by atoms with van der Waals surface area (Å²) in [5.41, 5.74) is 0.699. The SMILES string of the molecule is O=C(c1ccc(C(F)(F)F)o1)N1CCN(c2nc3ccc(F)cc3s2)CC1. The first kappa shape index (κ1) is 17.8. The van der Waals surface area contributed by atoms with Crippen molar-refractivity contribution in [2.45, 2.75) is 6.18 Å². The monoisotopic (exact) mass is 399 g/mol. The van der Waals surface area contributed by atoms with Crippen LogP contribution in [0.2, 0.25) is 0 Å². The molecule has 1 saturated heterocycles. The number of amides is 1. The molecule has 0 saturated carbocycles. The zero-order valence-electron chi connectivity index (χ0n) is 13.8. The third kappa shape index (κ3) is 3.48. The van der Waals surface area contributed by atoms with E-state index >= 15 is 0 Å². The Morgan fingerprint density at radius 3 is 2.52 bits per heavy atom. The molecule has 1 aromatic carbocycles. The Morgan fingerprint density at radius 2 is 1.85 bits per heavy atom. The fraction of sp³-hybridized carbons (Fsp3) is 0.294. The van der Waals surface area contributed by atoms with Crippen molar-refractivity contribution in [2.75, 3.05) is 31.1 Å². The maximum atomic E-state index is 13.3. The maximum absolute atomic E-state index is 13.3. The summed E-state index contributed by atoms with van der Waals surface area (Å²) in [4.78, 5) is 20.2. The van der Waals surface area contributed by atoms with Gasteiger partial charge >= 0.3 is 6.18 Å². The van der Waals surface area contributed by atoms with Gasteiger partial charge in [0.1, 0.15) is 5.82 Å². The van der Waals surface area contributed by atoms with Gasteiger partial charge in [-0.25, -0.2) is 9.37 Å². The molecule has 0 aliphatic carbocycles. The molecule has 0 bridgehead atoms. The summed E-state index contributed by atoms with van der Waals surface area (Å²) in [6, 6.07) is 6.18. The number of carbonyl (C=O) groups is 1. The Hall–Kier alpha value is -2.62. The molecule has 3 heterocycles. The molecule has 4 rings (SSSR count). The van der Waals surface area contributed by atoms with E-state index in [9.17, 15) is 22.4 Å². The lowest BCUT2D eigenvalue weighted by atomic mass is 10.3. The quantitative estimate of drug-likeness (QED) is 0.611. The van der Waals surface area contributed by atoms with Crippen molar-refractivity contribution in [1.82, 2.24) is 9.88 Å². The number of hydrogen-bond donors (Lipinski definition) is 0. The van der Waals surface area contributed by atoms with Crippen LogP contribution in [0.1, 0.15) is 16.3 Å². The summed E-state index contributed by atoms with van der Waals surface area (Å²) in [5, 5.41) is 0.722. The van der Waals surface area contributed by atoms with Crippen molar-refractivity contribution in [2.24, 2.45) is 0 Å².